The molecule has 3 heterocycles. The number of anilines is 1. The number of nitriles is 2. The van der Waals surface area contributed by atoms with Gasteiger partial charge in [-0.15, -0.1) is 0 Å². The second-order valence-corrected chi connectivity index (χ2v) is 7.31. The van der Waals surface area contributed by atoms with E-state index in [9.17, 15) is 10.5 Å². The van der Waals surface area contributed by atoms with E-state index in [0.29, 0.717) is 39.1 Å². The first-order valence-electron chi connectivity index (χ1n) is 9.23. The molecule has 9 heteroatoms. The Labute approximate surface area is 181 Å². The summed E-state index contributed by atoms with van der Waals surface area (Å²) in [7, 11) is 1.89. The van der Waals surface area contributed by atoms with Gasteiger partial charge in [-0.2, -0.15) is 10.5 Å². The van der Waals surface area contributed by atoms with Gasteiger partial charge in [-0.25, -0.2) is 15.0 Å². The summed E-state index contributed by atoms with van der Waals surface area (Å²) in [5, 5.41) is 19.5. The lowest BCUT2D eigenvalue weighted by atomic mass is 10.2. The van der Waals surface area contributed by atoms with Crippen molar-refractivity contribution in [3.8, 4) is 29.2 Å². The number of aryl methyl sites for hydroxylation is 1. The van der Waals surface area contributed by atoms with Crippen LogP contribution >= 0.6 is 11.6 Å². The number of benzene rings is 2. The Bertz CT molecular complexity index is 1580. The average Bonchev–Trinajstić information content (AvgIpc) is 3.26. The van der Waals surface area contributed by atoms with E-state index in [1.807, 2.05) is 48.0 Å². The van der Waals surface area contributed by atoms with Crippen molar-refractivity contribution < 1.29 is 0 Å². The molecule has 31 heavy (non-hydrogen) atoms. The van der Waals surface area contributed by atoms with Crippen LogP contribution in [0.3, 0.4) is 0 Å². The number of aromatic nitrogens is 5. The molecule has 5 aromatic rings. The number of imidazole rings is 1. The predicted molar refractivity (Wildman–Crippen MR) is 117 cm³/mol. The highest BCUT2D eigenvalue weighted by Crippen LogP contribution is 2.38. The number of hydrogen-bond acceptors (Lipinski definition) is 6. The average molecular weight is 425 g/mol. The molecule has 0 unspecified atom stereocenters. The zero-order valence-electron chi connectivity index (χ0n) is 16.2. The third kappa shape index (κ3) is 2.71. The summed E-state index contributed by atoms with van der Waals surface area (Å²) >= 11 is 6.05. The summed E-state index contributed by atoms with van der Waals surface area (Å²) in [6.45, 7) is 0. The van der Waals surface area contributed by atoms with Gasteiger partial charge >= 0.3 is 0 Å². The maximum absolute atomic E-state index is 9.49. The third-order valence-corrected chi connectivity index (χ3v) is 5.38. The van der Waals surface area contributed by atoms with E-state index in [2.05, 4.69) is 9.97 Å². The predicted octanol–water partition coefficient (Wildman–Crippen LogP) is 3.95. The molecule has 0 aliphatic heterocycles. The van der Waals surface area contributed by atoms with E-state index in [4.69, 9.17) is 22.3 Å². The monoisotopic (exact) mass is 424 g/mol. The van der Waals surface area contributed by atoms with Crippen LogP contribution in [-0.2, 0) is 7.05 Å². The molecule has 2 aromatic carbocycles. The van der Waals surface area contributed by atoms with Crippen molar-refractivity contribution >= 4 is 39.6 Å². The molecule has 2 N–H and O–H groups in total. The number of nitrogens with zero attached hydrogens (tertiary/aromatic N) is 7. The molecule has 0 aliphatic carbocycles. The van der Waals surface area contributed by atoms with Crippen molar-refractivity contribution in [3.63, 3.8) is 0 Å². The SMILES string of the molecule is Cn1c(-c2c(N)n(-c3ccc(Cl)cc3)c3nc(C#N)c(C#N)nc23)nc2ccccc21. The molecule has 5 rings (SSSR count). The van der Waals surface area contributed by atoms with E-state index < -0.39 is 0 Å². The fourth-order valence-corrected chi connectivity index (χ4v) is 3.82. The lowest BCUT2D eigenvalue weighted by Gasteiger charge is -2.08. The van der Waals surface area contributed by atoms with Crippen molar-refractivity contribution in [2.24, 2.45) is 7.05 Å². The first kappa shape index (κ1) is 18.6. The lowest BCUT2D eigenvalue weighted by molar-refractivity contribution is 0.959. The molecule has 0 amide bonds. The largest absolute Gasteiger partial charge is 0.384 e. The van der Waals surface area contributed by atoms with Gasteiger partial charge in [0.2, 0.25) is 0 Å². The van der Waals surface area contributed by atoms with Crippen LogP contribution < -0.4 is 5.73 Å². The van der Waals surface area contributed by atoms with Crippen LogP contribution in [0.5, 0.6) is 0 Å². The molecular formula is C22H13ClN8. The van der Waals surface area contributed by atoms with Crippen LogP contribution in [0, 0.1) is 22.7 Å². The molecule has 0 radical (unpaired) electrons. The Hall–Kier alpha value is -4.40. The van der Waals surface area contributed by atoms with Crippen LogP contribution in [0.1, 0.15) is 11.4 Å². The Morgan fingerprint density at radius 3 is 2.29 bits per heavy atom. The summed E-state index contributed by atoms with van der Waals surface area (Å²) in [5.74, 6) is 0.925. The van der Waals surface area contributed by atoms with Crippen molar-refractivity contribution in [1.29, 1.82) is 10.5 Å². The van der Waals surface area contributed by atoms with Crippen LogP contribution in [0.15, 0.2) is 48.5 Å². The minimum atomic E-state index is -0.0701. The van der Waals surface area contributed by atoms with Gasteiger partial charge in [-0.3, -0.25) is 4.57 Å². The summed E-state index contributed by atoms with van der Waals surface area (Å²) in [6.07, 6.45) is 0. The highest BCUT2D eigenvalue weighted by Gasteiger charge is 2.26. The first-order chi connectivity index (χ1) is 15.0. The Balaban J connectivity index is 1.94. The van der Waals surface area contributed by atoms with Crippen LogP contribution in [0.4, 0.5) is 5.82 Å². The van der Waals surface area contributed by atoms with Gasteiger partial charge in [0.25, 0.3) is 0 Å². The summed E-state index contributed by atoms with van der Waals surface area (Å²) < 4.78 is 3.61. The molecule has 3 aromatic heterocycles. The minimum Gasteiger partial charge on any atom is -0.384 e. The van der Waals surface area contributed by atoms with Gasteiger partial charge < -0.3 is 10.3 Å². The summed E-state index contributed by atoms with van der Waals surface area (Å²) in [5.41, 5.74) is 10.2. The molecule has 8 nitrogen and oxygen atoms in total. The summed E-state index contributed by atoms with van der Waals surface area (Å²) in [6, 6.07) is 18.6. The van der Waals surface area contributed by atoms with E-state index in [1.54, 1.807) is 28.8 Å². The van der Waals surface area contributed by atoms with Gasteiger partial charge in [-0.1, -0.05) is 23.7 Å². The molecule has 0 atom stereocenters. The van der Waals surface area contributed by atoms with Crippen molar-refractivity contribution in [1.82, 2.24) is 24.1 Å². The summed E-state index contributed by atoms with van der Waals surface area (Å²) in [4.78, 5) is 13.6. The quantitative estimate of drug-likeness (QED) is 0.457. The highest BCUT2D eigenvalue weighted by molar-refractivity contribution is 6.30. The fourth-order valence-electron chi connectivity index (χ4n) is 3.69. The van der Waals surface area contributed by atoms with E-state index in [1.165, 1.54) is 0 Å². The number of halogens is 1. The maximum Gasteiger partial charge on any atom is 0.179 e. The van der Waals surface area contributed by atoms with Gasteiger partial charge in [-0.05, 0) is 36.4 Å². The smallest absolute Gasteiger partial charge is 0.179 e. The van der Waals surface area contributed by atoms with Crippen molar-refractivity contribution in [3.05, 3.63) is 64.9 Å². The van der Waals surface area contributed by atoms with Gasteiger partial charge in [0.15, 0.2) is 17.0 Å². The topological polar surface area (TPSA) is 122 Å². The fraction of sp³-hybridized carbons (Fsp3) is 0.0455. The molecule has 0 spiro atoms. The van der Waals surface area contributed by atoms with E-state index in [-0.39, 0.29) is 11.4 Å². The Morgan fingerprint density at radius 2 is 1.61 bits per heavy atom. The minimum absolute atomic E-state index is 0.0664. The molecule has 0 saturated carbocycles. The van der Waals surface area contributed by atoms with Crippen molar-refractivity contribution in [2.75, 3.05) is 5.73 Å². The number of nitrogen functional groups attached to an aromatic ring is 1. The molecule has 148 valence electrons. The number of para-hydroxylation sites is 2. The first-order valence-corrected chi connectivity index (χ1v) is 9.61. The van der Waals surface area contributed by atoms with Crippen LogP contribution in [0.25, 0.3) is 39.3 Å². The van der Waals surface area contributed by atoms with E-state index >= 15 is 0 Å². The second kappa shape index (κ2) is 6.84. The number of nitrogens with two attached hydrogens (primary N) is 1. The number of fused-ring (bicyclic) bond motifs is 2. The van der Waals surface area contributed by atoms with Crippen LogP contribution in [0.2, 0.25) is 5.02 Å². The van der Waals surface area contributed by atoms with Gasteiger partial charge in [0.1, 0.15) is 29.3 Å². The molecule has 0 fully saturated rings. The number of rotatable bonds is 2. The Kier molecular flexibility index (Phi) is 4.11. The molecule has 0 aliphatic rings. The standard InChI is InChI=1S/C22H13ClN8/c1-30-17-5-3-2-4-14(17)28-21(30)18-19-22(29-16(11-25)15(10-24)27-19)31(20(18)26)13-8-6-12(23)7-9-13/h2-9H,26H2,1H3. The lowest BCUT2D eigenvalue weighted by Crippen LogP contribution is -2.03. The van der Waals surface area contributed by atoms with Gasteiger partial charge in [0, 0.05) is 17.8 Å². The second-order valence-electron chi connectivity index (χ2n) is 6.87. The highest BCUT2D eigenvalue weighted by atomic mass is 35.5. The van der Waals surface area contributed by atoms with E-state index in [0.717, 1.165) is 11.0 Å². The Morgan fingerprint density at radius 1 is 0.935 bits per heavy atom. The normalized spacial score (nSPS) is 11.0. The zero-order chi connectivity index (χ0) is 21.7. The van der Waals surface area contributed by atoms with Gasteiger partial charge in [0.05, 0.1) is 16.6 Å². The number of hydrogen-bond donors (Lipinski definition) is 1. The maximum atomic E-state index is 9.49. The van der Waals surface area contributed by atoms with Crippen molar-refractivity contribution in [2.45, 2.75) is 0 Å². The zero-order valence-corrected chi connectivity index (χ0v) is 17.0. The molecule has 0 saturated heterocycles. The molecule has 0 bridgehead atoms. The molecular weight excluding hydrogens is 412 g/mol. The third-order valence-electron chi connectivity index (χ3n) is 5.13. The van der Waals surface area contributed by atoms with Crippen LogP contribution in [-0.4, -0.2) is 24.1 Å².